The lowest BCUT2D eigenvalue weighted by Crippen LogP contribution is -2.52. The summed E-state index contributed by atoms with van der Waals surface area (Å²) in [5.41, 5.74) is 4.44. The number of ether oxygens (including phenoxy) is 1. The number of aromatic amines is 1. The van der Waals surface area contributed by atoms with Gasteiger partial charge < -0.3 is 4.74 Å². The molecule has 0 radical (unpaired) electrons. The van der Waals surface area contributed by atoms with E-state index in [9.17, 15) is 8.42 Å². The Hall–Kier alpha value is -3.27. The third-order valence-electron chi connectivity index (χ3n) is 7.59. The minimum Gasteiger partial charge on any atom is -0.379 e. The summed E-state index contributed by atoms with van der Waals surface area (Å²) in [4.78, 5) is 7.47. The van der Waals surface area contributed by atoms with E-state index in [4.69, 9.17) is 9.72 Å². The van der Waals surface area contributed by atoms with Gasteiger partial charge in [0.1, 0.15) is 0 Å². The lowest BCUT2D eigenvalue weighted by atomic mass is 9.80. The fourth-order valence-electron chi connectivity index (χ4n) is 5.38. The maximum absolute atomic E-state index is 13.5. The van der Waals surface area contributed by atoms with Crippen LogP contribution < -0.4 is 0 Å². The number of allylic oxidation sites excluding steroid dienone is 1. The largest absolute Gasteiger partial charge is 0.379 e. The van der Waals surface area contributed by atoms with E-state index in [1.807, 2.05) is 6.20 Å². The number of H-pyrrole nitrogens is 1. The lowest BCUT2D eigenvalue weighted by Gasteiger charge is -2.45. The predicted molar refractivity (Wildman–Crippen MR) is 139 cm³/mol. The van der Waals surface area contributed by atoms with Crippen molar-refractivity contribution in [3.05, 3.63) is 72.8 Å². The van der Waals surface area contributed by atoms with Crippen LogP contribution in [0.1, 0.15) is 31.7 Å². The second kappa shape index (κ2) is 8.99. The monoisotopic (exact) mass is 503 g/mol. The van der Waals surface area contributed by atoms with Gasteiger partial charge in [-0.1, -0.05) is 24.3 Å². The van der Waals surface area contributed by atoms with Crippen molar-refractivity contribution in [1.29, 1.82) is 0 Å². The second-order valence-electron chi connectivity index (χ2n) is 9.77. The van der Waals surface area contributed by atoms with Crippen LogP contribution in [-0.2, 0) is 14.8 Å². The summed E-state index contributed by atoms with van der Waals surface area (Å²) in [5.74, 6) is 0. The van der Waals surface area contributed by atoms with Crippen LogP contribution in [0, 0.1) is 0 Å². The number of fused-ring (bicyclic) bond motifs is 1. The normalized spacial score (nSPS) is 21.5. The Balaban J connectivity index is 1.41. The van der Waals surface area contributed by atoms with Crippen LogP contribution in [-0.4, -0.2) is 64.3 Å². The molecule has 186 valence electrons. The molecule has 4 heterocycles. The summed E-state index contributed by atoms with van der Waals surface area (Å²) in [6.07, 6.45) is 12.2. The van der Waals surface area contributed by atoms with Crippen molar-refractivity contribution in [1.82, 2.24) is 24.1 Å². The Kier molecular flexibility index (Phi) is 5.78. The molecule has 0 bridgehead atoms. The van der Waals surface area contributed by atoms with Crippen molar-refractivity contribution in [3.63, 3.8) is 0 Å². The second-order valence-corrected chi connectivity index (χ2v) is 11.6. The fourth-order valence-corrected chi connectivity index (χ4v) is 6.72. The lowest BCUT2D eigenvalue weighted by molar-refractivity contribution is -0.0190. The molecule has 3 aromatic heterocycles. The molecule has 1 unspecified atom stereocenters. The molecule has 1 aliphatic heterocycles. The predicted octanol–water partition coefficient (Wildman–Crippen LogP) is 4.32. The van der Waals surface area contributed by atoms with Gasteiger partial charge in [0.05, 0.1) is 24.3 Å². The number of morpholine rings is 1. The van der Waals surface area contributed by atoms with E-state index in [2.05, 4.69) is 34.2 Å². The smallest absolute Gasteiger partial charge is 0.269 e. The molecule has 0 spiro atoms. The van der Waals surface area contributed by atoms with Crippen molar-refractivity contribution in [2.45, 2.75) is 36.6 Å². The SMILES string of the molecule is CC1(N2CCOCC2)CC=C(c2cnc3c(c2)c(-c2cn[nH]c2)cn3S(=O)(=O)c2ccccc2)CC1. The Morgan fingerprint density at radius 3 is 2.58 bits per heavy atom. The maximum Gasteiger partial charge on any atom is 0.269 e. The van der Waals surface area contributed by atoms with Crippen LogP contribution in [0.25, 0.3) is 27.7 Å². The molecule has 1 fully saturated rings. The molecular weight excluding hydrogens is 474 g/mol. The van der Waals surface area contributed by atoms with Crippen molar-refractivity contribution in [2.75, 3.05) is 26.3 Å². The quantitative estimate of drug-likeness (QED) is 0.436. The first-order valence-electron chi connectivity index (χ1n) is 12.3. The van der Waals surface area contributed by atoms with E-state index < -0.39 is 10.0 Å². The molecule has 1 saturated heterocycles. The average Bonchev–Trinajstić information content (AvgIpc) is 3.58. The molecule has 6 rings (SSSR count). The molecule has 2 aliphatic rings. The van der Waals surface area contributed by atoms with Crippen molar-refractivity contribution in [2.24, 2.45) is 0 Å². The highest BCUT2D eigenvalue weighted by Crippen LogP contribution is 2.39. The first-order chi connectivity index (χ1) is 17.5. The van der Waals surface area contributed by atoms with E-state index >= 15 is 0 Å². The van der Waals surface area contributed by atoms with Gasteiger partial charge in [-0.25, -0.2) is 17.4 Å². The van der Waals surface area contributed by atoms with Crippen LogP contribution in [0.2, 0.25) is 0 Å². The number of benzene rings is 1. The summed E-state index contributed by atoms with van der Waals surface area (Å²) in [5, 5.41) is 7.70. The van der Waals surface area contributed by atoms with Crippen LogP contribution in [0.5, 0.6) is 0 Å². The van der Waals surface area contributed by atoms with E-state index in [1.54, 1.807) is 48.9 Å². The molecule has 9 heteroatoms. The third kappa shape index (κ3) is 3.97. The molecule has 1 atom stereocenters. The molecule has 1 N–H and O–H groups in total. The number of nitrogens with one attached hydrogen (secondary N) is 1. The van der Waals surface area contributed by atoms with Crippen molar-refractivity contribution in [3.8, 4) is 11.1 Å². The van der Waals surface area contributed by atoms with E-state index in [-0.39, 0.29) is 10.4 Å². The topological polar surface area (TPSA) is 93.1 Å². The maximum atomic E-state index is 13.5. The van der Waals surface area contributed by atoms with E-state index in [0.717, 1.165) is 67.6 Å². The van der Waals surface area contributed by atoms with Gasteiger partial charge in [0.15, 0.2) is 5.65 Å². The van der Waals surface area contributed by atoms with E-state index in [1.165, 1.54) is 9.55 Å². The van der Waals surface area contributed by atoms with Gasteiger partial charge in [-0.2, -0.15) is 5.10 Å². The summed E-state index contributed by atoms with van der Waals surface area (Å²) in [7, 11) is -3.81. The van der Waals surface area contributed by atoms with Crippen molar-refractivity contribution < 1.29 is 13.2 Å². The molecule has 4 aromatic rings. The Labute approximate surface area is 210 Å². The van der Waals surface area contributed by atoms with Crippen LogP contribution >= 0.6 is 0 Å². The number of pyridine rings is 1. The molecule has 1 aromatic carbocycles. The highest BCUT2D eigenvalue weighted by molar-refractivity contribution is 7.90. The van der Waals surface area contributed by atoms with Crippen LogP contribution in [0.3, 0.4) is 0 Å². The molecule has 1 aliphatic carbocycles. The van der Waals surface area contributed by atoms with Gasteiger partial charge in [-0.05, 0) is 55.5 Å². The summed E-state index contributed by atoms with van der Waals surface area (Å²) in [6.45, 7) is 5.90. The van der Waals surface area contributed by atoms with Crippen LogP contribution in [0.4, 0.5) is 0 Å². The zero-order valence-corrected chi connectivity index (χ0v) is 21.0. The minimum atomic E-state index is -3.81. The van der Waals surface area contributed by atoms with Gasteiger partial charge >= 0.3 is 0 Å². The third-order valence-corrected chi connectivity index (χ3v) is 9.25. The van der Waals surface area contributed by atoms with E-state index in [0.29, 0.717) is 5.65 Å². The summed E-state index contributed by atoms with van der Waals surface area (Å²) >= 11 is 0. The fraction of sp³-hybridized carbons (Fsp3) is 0.333. The number of nitrogens with zero attached hydrogens (tertiary/aromatic N) is 4. The Bertz CT molecular complexity index is 1520. The Morgan fingerprint density at radius 1 is 1.08 bits per heavy atom. The van der Waals surface area contributed by atoms with Gasteiger partial charge in [0.2, 0.25) is 0 Å². The number of hydrogen-bond donors (Lipinski definition) is 1. The van der Waals surface area contributed by atoms with Gasteiger partial charge in [0.25, 0.3) is 10.0 Å². The highest BCUT2D eigenvalue weighted by Gasteiger charge is 2.34. The molecule has 8 nitrogen and oxygen atoms in total. The number of hydrogen-bond acceptors (Lipinski definition) is 6. The summed E-state index contributed by atoms with van der Waals surface area (Å²) in [6, 6.07) is 10.5. The first-order valence-corrected chi connectivity index (χ1v) is 13.7. The molecule has 0 amide bonds. The zero-order chi connectivity index (χ0) is 24.8. The number of rotatable bonds is 5. The Morgan fingerprint density at radius 2 is 1.89 bits per heavy atom. The van der Waals surface area contributed by atoms with Crippen LogP contribution in [0.15, 0.2) is 72.2 Å². The summed E-state index contributed by atoms with van der Waals surface area (Å²) < 4.78 is 33.9. The zero-order valence-electron chi connectivity index (χ0n) is 20.2. The molecule has 0 saturated carbocycles. The average molecular weight is 504 g/mol. The van der Waals surface area contributed by atoms with Gasteiger partial charge in [-0.15, -0.1) is 0 Å². The first kappa shape index (κ1) is 23.1. The minimum absolute atomic E-state index is 0.139. The highest BCUT2D eigenvalue weighted by atomic mass is 32.2. The standard InChI is InChI=1S/C27H29N5O3S/c1-27(31-11-13-35-14-12-31)9-7-20(8-10-27)21-15-24-25(22-17-29-30-18-22)19-32(26(24)28-16-21)36(33,34)23-5-3-2-4-6-23/h2-7,15-19H,8-14H2,1H3,(H,29,30). The molecule has 36 heavy (non-hydrogen) atoms. The van der Waals surface area contributed by atoms with Crippen molar-refractivity contribution >= 4 is 26.6 Å². The van der Waals surface area contributed by atoms with Gasteiger partial charge in [0, 0.05) is 53.7 Å². The molecular formula is C27H29N5O3S. The number of aromatic nitrogens is 4. The van der Waals surface area contributed by atoms with Gasteiger partial charge in [-0.3, -0.25) is 10.00 Å².